The third-order valence-corrected chi connectivity index (χ3v) is 3.66. The Kier molecular flexibility index (Phi) is 6.67. The lowest BCUT2D eigenvalue weighted by molar-refractivity contribution is -0.713. The normalized spacial score (nSPS) is 13.4. The molecule has 1 rings (SSSR count). The molecule has 0 bridgehead atoms. The molecular formula is C14H21BrN3O2+. The van der Waals surface area contributed by atoms with Gasteiger partial charge in [-0.05, 0) is 19.1 Å². The molecule has 0 saturated carbocycles. The van der Waals surface area contributed by atoms with Crippen molar-refractivity contribution in [2.24, 2.45) is 0 Å². The van der Waals surface area contributed by atoms with Crippen molar-refractivity contribution >= 4 is 27.9 Å². The lowest BCUT2D eigenvalue weighted by Gasteiger charge is -2.18. The maximum atomic E-state index is 11.8. The number of hydrogen-bond donors (Lipinski definition) is 3. The minimum absolute atomic E-state index is 0.188. The molecule has 110 valence electrons. The van der Waals surface area contributed by atoms with Gasteiger partial charge in [-0.2, -0.15) is 0 Å². The Morgan fingerprint density at radius 1 is 1.30 bits per heavy atom. The zero-order valence-electron chi connectivity index (χ0n) is 11.9. The summed E-state index contributed by atoms with van der Waals surface area (Å²) in [4.78, 5) is 23.0. The summed E-state index contributed by atoms with van der Waals surface area (Å²) in [7, 11) is 1.48. The Morgan fingerprint density at radius 3 is 2.40 bits per heavy atom. The van der Waals surface area contributed by atoms with Crippen molar-refractivity contribution in [1.29, 1.82) is 0 Å². The van der Waals surface area contributed by atoms with Crippen LogP contribution in [0.2, 0.25) is 0 Å². The van der Waals surface area contributed by atoms with Gasteiger partial charge in [0.05, 0.1) is 0 Å². The van der Waals surface area contributed by atoms with Crippen molar-refractivity contribution in [3.8, 4) is 0 Å². The molecular weight excluding hydrogens is 322 g/mol. The average Bonchev–Trinajstić information content (AvgIpc) is 2.45. The number of urea groups is 1. The average molecular weight is 343 g/mol. The molecule has 1 aromatic rings. The summed E-state index contributed by atoms with van der Waals surface area (Å²) in [5, 5.41) is 6.63. The van der Waals surface area contributed by atoms with Gasteiger partial charge in [-0.25, -0.2) is 4.79 Å². The van der Waals surface area contributed by atoms with Gasteiger partial charge >= 0.3 is 6.03 Å². The molecule has 6 heteroatoms. The summed E-state index contributed by atoms with van der Waals surface area (Å²) in [6.07, 6.45) is 0.902. The highest BCUT2D eigenvalue weighted by atomic mass is 79.9. The van der Waals surface area contributed by atoms with Crippen molar-refractivity contribution in [2.75, 3.05) is 7.05 Å². The molecule has 0 aliphatic rings. The highest BCUT2D eigenvalue weighted by molar-refractivity contribution is 9.10. The number of imide groups is 1. The monoisotopic (exact) mass is 342 g/mol. The van der Waals surface area contributed by atoms with E-state index >= 15 is 0 Å². The van der Waals surface area contributed by atoms with Crippen LogP contribution in [0.5, 0.6) is 0 Å². The first-order valence-corrected chi connectivity index (χ1v) is 7.40. The highest BCUT2D eigenvalue weighted by Crippen LogP contribution is 2.16. The third-order valence-electron chi connectivity index (χ3n) is 3.14. The SMILES string of the molecule is CC[C@@H]([NH2+][C@@H](C)C(=O)NC(=O)NC)c1ccc(Br)cc1. The molecule has 3 amide bonds. The number of nitrogens with one attached hydrogen (secondary N) is 2. The van der Waals surface area contributed by atoms with E-state index in [0.717, 1.165) is 16.5 Å². The Hall–Kier alpha value is -1.40. The van der Waals surface area contributed by atoms with Crippen molar-refractivity contribution in [2.45, 2.75) is 32.4 Å². The van der Waals surface area contributed by atoms with E-state index in [1.54, 1.807) is 6.92 Å². The van der Waals surface area contributed by atoms with Gasteiger partial charge in [0, 0.05) is 23.5 Å². The smallest absolute Gasteiger partial charge is 0.321 e. The number of hydrogen-bond acceptors (Lipinski definition) is 2. The van der Waals surface area contributed by atoms with Gasteiger partial charge < -0.3 is 10.6 Å². The molecule has 0 fully saturated rings. The van der Waals surface area contributed by atoms with Gasteiger partial charge in [0.25, 0.3) is 5.91 Å². The summed E-state index contributed by atoms with van der Waals surface area (Å²) >= 11 is 3.41. The Morgan fingerprint density at radius 2 is 1.90 bits per heavy atom. The van der Waals surface area contributed by atoms with Crippen LogP contribution in [0.25, 0.3) is 0 Å². The van der Waals surface area contributed by atoms with Crippen LogP contribution in [0.15, 0.2) is 28.7 Å². The molecule has 4 N–H and O–H groups in total. The zero-order chi connectivity index (χ0) is 15.1. The Bertz CT molecular complexity index is 462. The van der Waals surface area contributed by atoms with Gasteiger partial charge in [-0.1, -0.05) is 35.0 Å². The second kappa shape index (κ2) is 8.01. The summed E-state index contributed by atoms with van der Waals surface area (Å²) < 4.78 is 1.03. The van der Waals surface area contributed by atoms with Gasteiger partial charge in [0.2, 0.25) is 0 Å². The minimum atomic E-state index is -0.480. The molecule has 1 aromatic carbocycles. The van der Waals surface area contributed by atoms with E-state index in [4.69, 9.17) is 0 Å². The first-order chi connectivity index (χ1) is 9.47. The largest absolute Gasteiger partial charge is 0.341 e. The highest BCUT2D eigenvalue weighted by Gasteiger charge is 2.23. The summed E-state index contributed by atoms with van der Waals surface area (Å²) in [6.45, 7) is 3.87. The van der Waals surface area contributed by atoms with Gasteiger partial charge in [0.15, 0.2) is 6.04 Å². The van der Waals surface area contributed by atoms with E-state index in [1.165, 1.54) is 7.05 Å². The number of carbonyl (C=O) groups is 2. The molecule has 0 radical (unpaired) electrons. The van der Waals surface area contributed by atoms with Crippen LogP contribution >= 0.6 is 15.9 Å². The lowest BCUT2D eigenvalue weighted by Crippen LogP contribution is -2.92. The van der Waals surface area contributed by atoms with E-state index in [2.05, 4.69) is 33.5 Å². The second-order valence-electron chi connectivity index (χ2n) is 4.62. The molecule has 0 saturated heterocycles. The van der Waals surface area contributed by atoms with Crippen molar-refractivity contribution in [3.05, 3.63) is 34.3 Å². The van der Waals surface area contributed by atoms with E-state index in [1.807, 2.05) is 29.6 Å². The Balaban J connectivity index is 2.66. The van der Waals surface area contributed by atoms with Crippen molar-refractivity contribution in [3.63, 3.8) is 0 Å². The molecule has 20 heavy (non-hydrogen) atoms. The number of carbonyl (C=O) groups excluding carboxylic acids is 2. The van der Waals surface area contributed by atoms with Crippen LogP contribution in [0.4, 0.5) is 4.79 Å². The number of rotatable bonds is 5. The molecule has 0 aromatic heterocycles. The van der Waals surface area contributed by atoms with E-state index < -0.39 is 6.03 Å². The van der Waals surface area contributed by atoms with E-state index in [9.17, 15) is 9.59 Å². The zero-order valence-corrected chi connectivity index (χ0v) is 13.5. The maximum absolute atomic E-state index is 11.8. The summed E-state index contributed by atoms with van der Waals surface area (Å²) in [5.74, 6) is -0.292. The Labute approximate surface area is 127 Å². The van der Waals surface area contributed by atoms with Crippen LogP contribution < -0.4 is 16.0 Å². The standard InChI is InChI=1S/C14H20BrN3O2/c1-4-12(10-5-7-11(15)8-6-10)17-9(2)13(19)18-14(20)16-3/h5-9,12,17H,4H2,1-3H3,(H2,16,18,19,20)/p+1/t9-,12+/m0/s1. The van der Waals surface area contributed by atoms with Crippen LogP contribution in [0.1, 0.15) is 31.9 Å². The molecule has 0 aliphatic carbocycles. The lowest BCUT2D eigenvalue weighted by atomic mass is 10.0. The summed E-state index contributed by atoms with van der Waals surface area (Å²) in [5.41, 5.74) is 1.16. The maximum Gasteiger partial charge on any atom is 0.321 e. The molecule has 0 heterocycles. The second-order valence-corrected chi connectivity index (χ2v) is 5.53. The first kappa shape index (κ1) is 16.7. The van der Waals surface area contributed by atoms with Crippen molar-refractivity contribution < 1.29 is 14.9 Å². The van der Waals surface area contributed by atoms with Crippen LogP contribution in [0.3, 0.4) is 0 Å². The number of nitrogens with two attached hydrogens (primary N) is 1. The first-order valence-electron chi connectivity index (χ1n) is 6.61. The number of amides is 3. The molecule has 0 spiro atoms. The fraction of sp³-hybridized carbons (Fsp3) is 0.429. The van der Waals surface area contributed by atoms with E-state index in [-0.39, 0.29) is 18.0 Å². The molecule has 2 atom stereocenters. The van der Waals surface area contributed by atoms with Crippen LogP contribution in [-0.2, 0) is 4.79 Å². The fourth-order valence-corrected chi connectivity index (χ4v) is 2.18. The number of benzene rings is 1. The number of halogens is 1. The van der Waals surface area contributed by atoms with Gasteiger partial charge in [-0.3, -0.25) is 10.1 Å². The van der Waals surface area contributed by atoms with E-state index in [0.29, 0.717) is 0 Å². The van der Waals surface area contributed by atoms with Gasteiger partial charge in [0.1, 0.15) is 6.04 Å². The number of quaternary nitrogens is 1. The topological polar surface area (TPSA) is 74.8 Å². The van der Waals surface area contributed by atoms with Crippen LogP contribution in [-0.4, -0.2) is 25.0 Å². The molecule has 0 unspecified atom stereocenters. The summed E-state index contributed by atoms with van der Waals surface area (Å²) in [6, 6.07) is 7.43. The predicted octanol–water partition coefficient (Wildman–Crippen LogP) is 1.31. The van der Waals surface area contributed by atoms with Crippen LogP contribution in [0, 0.1) is 0 Å². The molecule has 5 nitrogen and oxygen atoms in total. The molecule has 0 aliphatic heterocycles. The quantitative estimate of drug-likeness (QED) is 0.754. The predicted molar refractivity (Wildman–Crippen MR) is 81.2 cm³/mol. The third kappa shape index (κ3) is 4.94. The fourth-order valence-electron chi connectivity index (χ4n) is 1.92. The minimum Gasteiger partial charge on any atom is -0.341 e. The van der Waals surface area contributed by atoms with Gasteiger partial charge in [-0.15, -0.1) is 0 Å². The van der Waals surface area contributed by atoms with Crippen molar-refractivity contribution in [1.82, 2.24) is 10.6 Å².